The molecule has 1 aliphatic rings. The van der Waals surface area contributed by atoms with Crippen molar-refractivity contribution in [3.63, 3.8) is 0 Å². The van der Waals surface area contributed by atoms with E-state index in [9.17, 15) is 32.6 Å². The fourth-order valence-corrected chi connectivity index (χ4v) is 5.99. The number of sulfonamides is 1. The number of fused-ring (bicyclic) bond motifs is 3. The molecule has 8 nitrogen and oxygen atoms in total. The summed E-state index contributed by atoms with van der Waals surface area (Å²) in [4.78, 5) is 22.8. The predicted octanol–water partition coefficient (Wildman–Crippen LogP) is 2.50. The molecule has 32 heavy (non-hydrogen) atoms. The SMILES string of the molecule is O=C(O)Cc1c2n(c3ccccc13)CC(N(CC(=O)O)S(=O)(=O)c1ccc(F)cc1)CC2. The normalized spacial score (nSPS) is 16.2. The van der Waals surface area contributed by atoms with E-state index >= 15 is 0 Å². The predicted molar refractivity (Wildman–Crippen MR) is 113 cm³/mol. The topological polar surface area (TPSA) is 117 Å². The second kappa shape index (κ2) is 8.36. The standard InChI is InChI=1S/C22H21FN2O6S/c23-14-5-8-16(9-6-14)32(30,31)25(13-22(28)29)15-7-10-20-18(11-21(26)27)17-3-1-2-4-19(17)24(20)12-15/h1-6,8-9,15H,7,10-13H2,(H,26,27)(H,28,29). The summed E-state index contributed by atoms with van der Waals surface area (Å²) in [7, 11) is -4.20. The Bertz CT molecular complexity index is 1300. The Morgan fingerprint density at radius 1 is 1.06 bits per heavy atom. The molecule has 4 rings (SSSR count). The van der Waals surface area contributed by atoms with E-state index in [1.54, 1.807) is 0 Å². The van der Waals surface area contributed by atoms with Gasteiger partial charge in [-0.3, -0.25) is 9.59 Å². The summed E-state index contributed by atoms with van der Waals surface area (Å²) in [6.45, 7) is -0.552. The number of rotatable bonds is 7. The summed E-state index contributed by atoms with van der Waals surface area (Å²) < 4.78 is 42.6. The summed E-state index contributed by atoms with van der Waals surface area (Å²) in [5, 5.41) is 19.5. The number of para-hydroxylation sites is 1. The Kier molecular flexibility index (Phi) is 5.74. The zero-order chi connectivity index (χ0) is 23.0. The first-order valence-corrected chi connectivity index (χ1v) is 11.4. The van der Waals surface area contributed by atoms with Crippen LogP contribution in [0.15, 0.2) is 53.4 Å². The fraction of sp³-hybridized carbons (Fsp3) is 0.273. The molecule has 1 aliphatic heterocycles. The lowest BCUT2D eigenvalue weighted by Crippen LogP contribution is -2.47. The van der Waals surface area contributed by atoms with Gasteiger partial charge in [0.15, 0.2) is 0 Å². The van der Waals surface area contributed by atoms with Gasteiger partial charge in [-0.2, -0.15) is 4.31 Å². The molecular weight excluding hydrogens is 439 g/mol. The summed E-state index contributed by atoms with van der Waals surface area (Å²) in [6, 6.07) is 10.9. The lowest BCUT2D eigenvalue weighted by Gasteiger charge is -2.34. The zero-order valence-corrected chi connectivity index (χ0v) is 17.8. The number of nitrogens with zero attached hydrogens (tertiary/aromatic N) is 2. The Morgan fingerprint density at radius 2 is 1.75 bits per heavy atom. The van der Waals surface area contributed by atoms with Crippen molar-refractivity contribution in [3.8, 4) is 0 Å². The van der Waals surface area contributed by atoms with Crippen LogP contribution < -0.4 is 0 Å². The largest absolute Gasteiger partial charge is 0.481 e. The average Bonchev–Trinajstić information content (AvgIpc) is 3.05. The van der Waals surface area contributed by atoms with Crippen LogP contribution in [0.2, 0.25) is 0 Å². The highest BCUT2D eigenvalue weighted by atomic mass is 32.2. The monoisotopic (exact) mass is 460 g/mol. The van der Waals surface area contributed by atoms with E-state index in [0.29, 0.717) is 18.4 Å². The van der Waals surface area contributed by atoms with E-state index in [2.05, 4.69) is 0 Å². The molecular formula is C22H21FN2O6S. The van der Waals surface area contributed by atoms with Crippen LogP contribution in [-0.2, 0) is 39.0 Å². The summed E-state index contributed by atoms with van der Waals surface area (Å²) in [5.74, 6) is -2.86. The second-order valence-corrected chi connectivity index (χ2v) is 9.60. The molecule has 1 aromatic heterocycles. The van der Waals surface area contributed by atoms with Crippen LogP contribution in [0.4, 0.5) is 4.39 Å². The Morgan fingerprint density at radius 3 is 2.41 bits per heavy atom. The van der Waals surface area contributed by atoms with Crippen LogP contribution in [0.1, 0.15) is 17.7 Å². The first kappa shape index (κ1) is 22.0. The van der Waals surface area contributed by atoms with Gasteiger partial charge in [0.05, 0.1) is 11.3 Å². The molecule has 2 N–H and O–H groups in total. The average molecular weight is 460 g/mol. The van der Waals surface area contributed by atoms with E-state index in [1.165, 1.54) is 0 Å². The molecule has 2 heterocycles. The van der Waals surface area contributed by atoms with Crippen molar-refractivity contribution in [2.24, 2.45) is 0 Å². The molecule has 0 spiro atoms. The molecule has 10 heteroatoms. The van der Waals surface area contributed by atoms with Gasteiger partial charge in [-0.25, -0.2) is 12.8 Å². The second-order valence-electron chi connectivity index (χ2n) is 7.71. The van der Waals surface area contributed by atoms with Crippen molar-refractivity contribution in [1.82, 2.24) is 8.87 Å². The molecule has 0 saturated heterocycles. The minimum absolute atomic E-state index is 0.153. The van der Waals surface area contributed by atoms with Gasteiger partial charge in [0.1, 0.15) is 12.4 Å². The summed E-state index contributed by atoms with van der Waals surface area (Å²) in [5.41, 5.74) is 2.29. The number of hydrogen-bond donors (Lipinski definition) is 2. The first-order chi connectivity index (χ1) is 15.2. The molecule has 0 saturated carbocycles. The number of carbonyl (C=O) groups is 2. The van der Waals surface area contributed by atoms with Crippen LogP contribution in [0.25, 0.3) is 10.9 Å². The van der Waals surface area contributed by atoms with Crippen molar-refractivity contribution in [3.05, 3.63) is 65.6 Å². The highest BCUT2D eigenvalue weighted by Gasteiger charge is 2.36. The van der Waals surface area contributed by atoms with Crippen molar-refractivity contribution < 1.29 is 32.6 Å². The maximum atomic E-state index is 13.3. The molecule has 3 aromatic rings. The third kappa shape index (κ3) is 3.98. The van der Waals surface area contributed by atoms with Gasteiger partial charge in [-0.1, -0.05) is 18.2 Å². The van der Waals surface area contributed by atoms with Crippen LogP contribution in [-0.4, -0.2) is 52.0 Å². The van der Waals surface area contributed by atoms with Gasteiger partial charge < -0.3 is 14.8 Å². The van der Waals surface area contributed by atoms with Gasteiger partial charge in [-0.05, 0) is 48.7 Å². The summed E-state index contributed by atoms with van der Waals surface area (Å²) in [6.07, 6.45) is 0.577. The minimum atomic E-state index is -4.20. The van der Waals surface area contributed by atoms with Gasteiger partial charge in [0.25, 0.3) is 0 Å². The smallest absolute Gasteiger partial charge is 0.318 e. The summed E-state index contributed by atoms with van der Waals surface area (Å²) >= 11 is 0. The fourth-order valence-electron chi connectivity index (χ4n) is 4.40. The number of aromatic nitrogens is 1. The lowest BCUT2D eigenvalue weighted by molar-refractivity contribution is -0.138. The number of benzene rings is 2. The molecule has 2 aromatic carbocycles. The van der Waals surface area contributed by atoms with Gasteiger partial charge in [0.2, 0.25) is 10.0 Å². The number of hydrogen-bond acceptors (Lipinski definition) is 4. The van der Waals surface area contributed by atoms with Gasteiger partial charge >= 0.3 is 11.9 Å². The Hall–Kier alpha value is -3.24. The van der Waals surface area contributed by atoms with E-state index in [4.69, 9.17) is 0 Å². The van der Waals surface area contributed by atoms with E-state index < -0.39 is 40.4 Å². The Balaban J connectivity index is 1.76. The molecule has 0 aliphatic carbocycles. The maximum Gasteiger partial charge on any atom is 0.318 e. The third-order valence-electron chi connectivity index (χ3n) is 5.75. The van der Waals surface area contributed by atoms with Crippen LogP contribution in [0.5, 0.6) is 0 Å². The van der Waals surface area contributed by atoms with Crippen LogP contribution in [0.3, 0.4) is 0 Å². The maximum absolute atomic E-state index is 13.3. The molecule has 168 valence electrons. The molecule has 1 atom stereocenters. The van der Waals surface area contributed by atoms with Crippen LogP contribution in [0, 0.1) is 5.82 Å². The number of carboxylic acid groups (broad SMARTS) is 2. The molecule has 0 fully saturated rings. The molecule has 0 amide bonds. The highest BCUT2D eigenvalue weighted by Crippen LogP contribution is 2.34. The van der Waals surface area contributed by atoms with Gasteiger partial charge in [-0.15, -0.1) is 0 Å². The number of aliphatic carboxylic acids is 2. The quantitative estimate of drug-likeness (QED) is 0.560. The lowest BCUT2D eigenvalue weighted by atomic mass is 10.00. The van der Waals surface area contributed by atoms with E-state index in [0.717, 1.165) is 45.2 Å². The highest BCUT2D eigenvalue weighted by molar-refractivity contribution is 7.89. The van der Waals surface area contributed by atoms with E-state index in [1.807, 2.05) is 28.8 Å². The van der Waals surface area contributed by atoms with Gasteiger partial charge in [0, 0.05) is 29.2 Å². The zero-order valence-electron chi connectivity index (χ0n) is 16.9. The van der Waals surface area contributed by atoms with E-state index in [-0.39, 0.29) is 17.9 Å². The van der Waals surface area contributed by atoms with Crippen molar-refractivity contribution in [2.45, 2.75) is 36.7 Å². The molecule has 1 unspecified atom stereocenters. The van der Waals surface area contributed by atoms with Crippen molar-refractivity contribution >= 4 is 32.9 Å². The van der Waals surface area contributed by atoms with Crippen molar-refractivity contribution in [1.29, 1.82) is 0 Å². The number of halogens is 1. The molecule has 0 bridgehead atoms. The Labute approximate surface area is 183 Å². The first-order valence-electron chi connectivity index (χ1n) is 9.98. The van der Waals surface area contributed by atoms with Crippen molar-refractivity contribution in [2.75, 3.05) is 6.54 Å². The third-order valence-corrected chi connectivity index (χ3v) is 7.66. The number of carboxylic acids is 2. The molecule has 0 radical (unpaired) electrons. The minimum Gasteiger partial charge on any atom is -0.481 e. The van der Waals surface area contributed by atoms with Crippen LogP contribution >= 0.6 is 0 Å².